The van der Waals surface area contributed by atoms with Crippen LogP contribution in [0.25, 0.3) is 6.08 Å². The maximum absolute atomic E-state index is 13.3. The molecule has 11 heteroatoms. The van der Waals surface area contributed by atoms with E-state index in [1.165, 1.54) is 24.1 Å². The molecule has 37 heavy (non-hydrogen) atoms. The molecule has 2 aromatic rings. The second-order valence-corrected chi connectivity index (χ2v) is 9.13. The summed E-state index contributed by atoms with van der Waals surface area (Å²) in [5.41, 5.74) is 0.377. The Morgan fingerprint density at radius 1 is 1.35 bits per heavy atom. The highest BCUT2D eigenvalue weighted by Gasteiger charge is 2.35. The smallest absolute Gasteiger partial charge is 0.416 e. The van der Waals surface area contributed by atoms with E-state index in [1.807, 2.05) is 19.9 Å². The number of amides is 3. The number of aliphatic hydroxyl groups is 1. The van der Waals surface area contributed by atoms with E-state index < -0.39 is 29.9 Å². The number of likely N-dealkylation sites (N-methyl/N-ethyl adjacent to an activating group) is 1. The van der Waals surface area contributed by atoms with Gasteiger partial charge in [0.05, 0.1) is 24.8 Å². The van der Waals surface area contributed by atoms with Gasteiger partial charge in [-0.15, -0.1) is 0 Å². The van der Waals surface area contributed by atoms with E-state index in [1.54, 1.807) is 30.2 Å². The lowest BCUT2D eigenvalue weighted by Crippen LogP contribution is -2.50. The first kappa shape index (κ1) is 28.0. The first-order valence-electron chi connectivity index (χ1n) is 11.8. The number of carbonyl (C=O) groups is 2. The number of nitrogens with one attached hydrogen (secondary N) is 1. The normalized spacial score (nSPS) is 19.0. The second-order valence-electron chi connectivity index (χ2n) is 9.13. The summed E-state index contributed by atoms with van der Waals surface area (Å²) in [6.45, 7) is 5.62. The fraction of sp³-hybridized carbons (Fsp3) is 0.423. The first-order chi connectivity index (χ1) is 17.4. The number of hydrogen-bond acceptors (Lipinski definition) is 5. The quantitative estimate of drug-likeness (QED) is 0.584. The number of urea groups is 1. The molecule has 0 saturated heterocycles. The molecule has 1 aliphatic rings. The average Bonchev–Trinajstić information content (AvgIpc) is 2.85. The topological polar surface area (TPSA) is 95.0 Å². The third kappa shape index (κ3) is 6.79. The van der Waals surface area contributed by atoms with Crippen molar-refractivity contribution in [3.05, 3.63) is 59.3 Å². The van der Waals surface area contributed by atoms with E-state index in [2.05, 4.69) is 10.3 Å². The summed E-state index contributed by atoms with van der Waals surface area (Å²) in [5.74, 6) is -0.431. The molecule has 1 aliphatic heterocycles. The van der Waals surface area contributed by atoms with Gasteiger partial charge in [0.2, 0.25) is 5.88 Å². The average molecular weight is 521 g/mol. The predicted molar refractivity (Wildman–Crippen MR) is 133 cm³/mol. The fourth-order valence-electron chi connectivity index (χ4n) is 3.93. The van der Waals surface area contributed by atoms with E-state index in [4.69, 9.17) is 4.74 Å². The zero-order valence-electron chi connectivity index (χ0n) is 21.1. The van der Waals surface area contributed by atoms with Crippen LogP contribution < -0.4 is 10.1 Å². The SMILES string of the molecule is C/C=C/c1cnc2c(c1)C(=O)N([C@H](C)CO)C[C@H](C)[C@@H](CN(C)C(=O)Nc1ccc(C(F)(F)F)cc1)O2. The van der Waals surface area contributed by atoms with Crippen LogP contribution in [0.5, 0.6) is 5.88 Å². The number of pyridine rings is 1. The maximum atomic E-state index is 13.3. The highest BCUT2D eigenvalue weighted by Crippen LogP contribution is 2.30. The summed E-state index contributed by atoms with van der Waals surface area (Å²) < 4.78 is 44.6. The fourth-order valence-corrected chi connectivity index (χ4v) is 3.93. The van der Waals surface area contributed by atoms with Crippen molar-refractivity contribution in [1.29, 1.82) is 0 Å². The van der Waals surface area contributed by atoms with Crippen molar-refractivity contribution in [1.82, 2.24) is 14.8 Å². The number of fused-ring (bicyclic) bond motifs is 1. The van der Waals surface area contributed by atoms with Crippen molar-refractivity contribution in [2.45, 2.75) is 39.1 Å². The molecule has 0 unspecified atom stereocenters. The van der Waals surface area contributed by atoms with Crippen molar-refractivity contribution in [2.24, 2.45) is 5.92 Å². The van der Waals surface area contributed by atoms with Crippen molar-refractivity contribution < 1.29 is 32.6 Å². The molecule has 8 nitrogen and oxygen atoms in total. The van der Waals surface area contributed by atoms with Crippen LogP contribution in [0.3, 0.4) is 0 Å². The van der Waals surface area contributed by atoms with Crippen LogP contribution in [-0.2, 0) is 6.18 Å². The summed E-state index contributed by atoms with van der Waals surface area (Å²) in [5, 5.41) is 12.3. The number of anilines is 1. The summed E-state index contributed by atoms with van der Waals surface area (Å²) in [6, 6.07) is 4.86. The molecule has 3 amide bonds. The van der Waals surface area contributed by atoms with Crippen LogP contribution in [0.15, 0.2) is 42.6 Å². The van der Waals surface area contributed by atoms with Crippen LogP contribution >= 0.6 is 0 Å². The predicted octanol–water partition coefficient (Wildman–Crippen LogP) is 4.52. The summed E-state index contributed by atoms with van der Waals surface area (Å²) >= 11 is 0. The van der Waals surface area contributed by atoms with Crippen LogP contribution in [0.2, 0.25) is 0 Å². The Hall–Kier alpha value is -3.60. The van der Waals surface area contributed by atoms with Gasteiger partial charge in [-0.05, 0) is 49.7 Å². The molecule has 3 atom stereocenters. The van der Waals surface area contributed by atoms with E-state index in [9.17, 15) is 27.9 Å². The Kier molecular flexibility index (Phi) is 8.80. The number of ether oxygens (including phenoxy) is 1. The summed E-state index contributed by atoms with van der Waals surface area (Å²) in [7, 11) is 1.54. The molecule has 1 aromatic carbocycles. The van der Waals surface area contributed by atoms with Gasteiger partial charge in [-0.3, -0.25) is 4.79 Å². The van der Waals surface area contributed by atoms with Crippen molar-refractivity contribution in [3.8, 4) is 5.88 Å². The number of nitrogens with zero attached hydrogens (tertiary/aromatic N) is 3. The number of aliphatic hydroxyl groups excluding tert-OH is 1. The molecule has 3 rings (SSSR count). The molecule has 2 N–H and O–H groups in total. The van der Waals surface area contributed by atoms with Gasteiger partial charge in [-0.25, -0.2) is 9.78 Å². The van der Waals surface area contributed by atoms with Crippen LogP contribution in [0, 0.1) is 5.92 Å². The second kappa shape index (κ2) is 11.6. The van der Waals surface area contributed by atoms with Crippen molar-refractivity contribution in [3.63, 3.8) is 0 Å². The van der Waals surface area contributed by atoms with Gasteiger partial charge in [0.1, 0.15) is 11.7 Å². The molecule has 2 heterocycles. The van der Waals surface area contributed by atoms with Gasteiger partial charge in [-0.1, -0.05) is 19.1 Å². The minimum absolute atomic E-state index is 0.112. The molecular weight excluding hydrogens is 489 g/mol. The molecule has 0 radical (unpaired) electrons. The molecule has 1 aromatic heterocycles. The van der Waals surface area contributed by atoms with E-state index in [-0.39, 0.29) is 48.7 Å². The third-order valence-electron chi connectivity index (χ3n) is 6.17. The number of hydrogen-bond donors (Lipinski definition) is 2. The molecule has 0 aliphatic carbocycles. The van der Waals surface area contributed by atoms with Crippen LogP contribution in [-0.4, -0.2) is 70.7 Å². The van der Waals surface area contributed by atoms with Crippen molar-refractivity contribution in [2.75, 3.05) is 32.1 Å². The number of rotatable bonds is 6. The van der Waals surface area contributed by atoms with E-state index >= 15 is 0 Å². The molecular formula is C26H31F3N4O4. The number of halogens is 3. The van der Waals surface area contributed by atoms with Gasteiger partial charge in [-0.2, -0.15) is 13.2 Å². The number of aromatic nitrogens is 1. The van der Waals surface area contributed by atoms with Crippen LogP contribution in [0.1, 0.15) is 42.3 Å². The third-order valence-corrected chi connectivity index (χ3v) is 6.17. The zero-order valence-corrected chi connectivity index (χ0v) is 21.1. The Balaban J connectivity index is 1.81. The first-order valence-corrected chi connectivity index (χ1v) is 11.8. The lowest BCUT2D eigenvalue weighted by molar-refractivity contribution is -0.137. The lowest BCUT2D eigenvalue weighted by Gasteiger charge is -2.37. The van der Waals surface area contributed by atoms with E-state index in [0.29, 0.717) is 5.56 Å². The number of allylic oxidation sites excluding steroid dienone is 1. The summed E-state index contributed by atoms with van der Waals surface area (Å²) in [4.78, 5) is 33.4. The van der Waals surface area contributed by atoms with E-state index in [0.717, 1.165) is 12.1 Å². The Morgan fingerprint density at radius 2 is 2.03 bits per heavy atom. The number of alkyl halides is 3. The molecule has 0 saturated carbocycles. The minimum atomic E-state index is -4.47. The Labute approximate surface area is 213 Å². The number of carbonyl (C=O) groups excluding carboxylic acids is 2. The van der Waals surface area contributed by atoms with Gasteiger partial charge in [0, 0.05) is 31.4 Å². The van der Waals surface area contributed by atoms with Crippen LogP contribution in [0.4, 0.5) is 23.7 Å². The lowest BCUT2D eigenvalue weighted by atomic mass is 10.00. The maximum Gasteiger partial charge on any atom is 0.416 e. The minimum Gasteiger partial charge on any atom is -0.472 e. The molecule has 0 fully saturated rings. The van der Waals surface area contributed by atoms with Gasteiger partial charge in [0.15, 0.2) is 0 Å². The molecule has 0 bridgehead atoms. The highest BCUT2D eigenvalue weighted by atomic mass is 19.4. The molecule has 200 valence electrons. The van der Waals surface area contributed by atoms with Gasteiger partial charge < -0.3 is 25.0 Å². The standard InChI is InChI=1S/C26H31F3N4O4/c1-5-6-18-11-21-23(30-12-18)37-22(16(2)13-33(24(21)35)17(3)15-34)14-32(4)25(36)31-20-9-7-19(8-10-20)26(27,28)29/h5-12,16-17,22,34H,13-15H2,1-4H3,(H,31,36)/b6-5+/t16-,17+,22+/m0/s1. The Morgan fingerprint density at radius 3 is 2.62 bits per heavy atom. The monoisotopic (exact) mass is 520 g/mol. The number of benzene rings is 1. The van der Waals surface area contributed by atoms with Gasteiger partial charge >= 0.3 is 12.2 Å². The van der Waals surface area contributed by atoms with Crippen molar-refractivity contribution >= 4 is 23.7 Å². The van der Waals surface area contributed by atoms with Gasteiger partial charge in [0.25, 0.3) is 5.91 Å². The summed E-state index contributed by atoms with van der Waals surface area (Å²) in [6.07, 6.45) is 0.172. The molecule has 0 spiro atoms. The highest BCUT2D eigenvalue weighted by molar-refractivity contribution is 5.97. The largest absolute Gasteiger partial charge is 0.472 e. The zero-order chi connectivity index (χ0) is 27.3. The Bertz CT molecular complexity index is 1140.